The number of hydrogen-bond acceptors (Lipinski definition) is 4. The van der Waals surface area contributed by atoms with Gasteiger partial charge in [-0.2, -0.15) is 0 Å². The summed E-state index contributed by atoms with van der Waals surface area (Å²) < 4.78 is 19.3. The maximum Gasteiger partial charge on any atom is 0.253 e. The predicted molar refractivity (Wildman–Crippen MR) is 101 cm³/mol. The van der Waals surface area contributed by atoms with Gasteiger partial charge in [-0.1, -0.05) is 6.07 Å². The molecule has 0 spiro atoms. The van der Waals surface area contributed by atoms with E-state index in [9.17, 15) is 9.18 Å². The molecule has 0 saturated carbocycles. The molecule has 1 aromatic heterocycles. The molecule has 2 atom stereocenters. The van der Waals surface area contributed by atoms with Gasteiger partial charge < -0.3 is 9.64 Å². The van der Waals surface area contributed by atoms with Crippen molar-refractivity contribution in [3.63, 3.8) is 0 Å². The number of carbonyl (C=O) groups is 1. The fraction of sp³-hybridized carbons (Fsp3) is 0.429. The summed E-state index contributed by atoms with van der Waals surface area (Å²) in [5, 5.41) is 0. The molecule has 27 heavy (non-hydrogen) atoms. The summed E-state index contributed by atoms with van der Waals surface area (Å²) >= 11 is 0. The lowest BCUT2D eigenvalue weighted by molar-refractivity contribution is -0.152. The van der Waals surface area contributed by atoms with Crippen LogP contribution in [-0.2, 0) is 16.1 Å². The maximum atomic E-state index is 13.3. The summed E-state index contributed by atoms with van der Waals surface area (Å²) in [6, 6.07) is 10.1. The van der Waals surface area contributed by atoms with Gasteiger partial charge in [0.15, 0.2) is 0 Å². The van der Waals surface area contributed by atoms with Crippen molar-refractivity contribution in [3.8, 4) is 0 Å². The van der Waals surface area contributed by atoms with Crippen molar-refractivity contribution < 1.29 is 13.9 Å². The molecule has 0 N–H and O–H groups in total. The number of fused-ring (bicyclic) bond motifs is 1. The van der Waals surface area contributed by atoms with Gasteiger partial charge in [-0.3, -0.25) is 14.7 Å². The molecule has 0 bridgehead atoms. The minimum Gasteiger partial charge on any atom is -0.362 e. The molecule has 0 radical (unpaired) electrons. The standard InChI is InChI=1S/C21H24FN3O2/c1-15-4-3-10-23-18(15)12-24-11-9-19-21(2,14-24)27-13-20(26)25(19)17-7-5-16(22)6-8-17/h3-8,10,19H,9,11-14H2,1-2H3/t19-,21-/m1/s1. The second-order valence-electron chi connectivity index (χ2n) is 7.62. The number of anilines is 1. The number of halogens is 1. The van der Waals surface area contributed by atoms with E-state index in [1.807, 2.05) is 12.3 Å². The number of likely N-dealkylation sites (tertiary alicyclic amines) is 1. The Morgan fingerprint density at radius 2 is 2.07 bits per heavy atom. The molecule has 0 unspecified atom stereocenters. The van der Waals surface area contributed by atoms with Crippen molar-refractivity contribution in [3.05, 3.63) is 59.7 Å². The van der Waals surface area contributed by atoms with E-state index < -0.39 is 5.60 Å². The normalized spacial score (nSPS) is 26.1. The van der Waals surface area contributed by atoms with Crippen molar-refractivity contribution in [1.29, 1.82) is 0 Å². The van der Waals surface area contributed by atoms with Crippen LogP contribution < -0.4 is 4.90 Å². The van der Waals surface area contributed by atoms with Crippen LogP contribution in [-0.4, -0.2) is 47.1 Å². The minimum atomic E-state index is -0.469. The summed E-state index contributed by atoms with van der Waals surface area (Å²) in [6.07, 6.45) is 2.62. The monoisotopic (exact) mass is 369 g/mol. The Kier molecular flexibility index (Phi) is 4.70. The first-order valence-electron chi connectivity index (χ1n) is 9.31. The maximum absolute atomic E-state index is 13.3. The smallest absolute Gasteiger partial charge is 0.253 e. The van der Waals surface area contributed by atoms with Crippen molar-refractivity contribution in [2.45, 2.75) is 38.5 Å². The Bertz CT molecular complexity index is 842. The molecule has 2 aliphatic heterocycles. The van der Waals surface area contributed by atoms with Crippen molar-refractivity contribution >= 4 is 11.6 Å². The Balaban J connectivity index is 1.55. The number of aromatic nitrogens is 1. The van der Waals surface area contributed by atoms with Crippen LogP contribution in [0.4, 0.5) is 10.1 Å². The summed E-state index contributed by atoms with van der Waals surface area (Å²) in [4.78, 5) is 21.2. The van der Waals surface area contributed by atoms with E-state index in [-0.39, 0.29) is 24.4 Å². The molecule has 3 heterocycles. The van der Waals surface area contributed by atoms with Crippen LogP contribution in [0.15, 0.2) is 42.6 Å². The third-order valence-electron chi connectivity index (χ3n) is 5.66. The largest absolute Gasteiger partial charge is 0.362 e. The number of rotatable bonds is 3. The van der Waals surface area contributed by atoms with E-state index in [0.29, 0.717) is 0 Å². The lowest BCUT2D eigenvalue weighted by atomic mass is 9.85. The number of carbonyl (C=O) groups excluding carboxylic acids is 1. The lowest BCUT2D eigenvalue weighted by Crippen LogP contribution is -2.67. The van der Waals surface area contributed by atoms with Gasteiger partial charge in [-0.25, -0.2) is 4.39 Å². The molecule has 2 fully saturated rings. The average molecular weight is 369 g/mol. The Morgan fingerprint density at radius 3 is 2.81 bits per heavy atom. The molecule has 2 aromatic rings. The zero-order valence-corrected chi connectivity index (χ0v) is 15.7. The fourth-order valence-corrected chi connectivity index (χ4v) is 4.21. The zero-order chi connectivity index (χ0) is 19.0. The number of hydrogen-bond donors (Lipinski definition) is 0. The summed E-state index contributed by atoms with van der Waals surface area (Å²) in [5.74, 6) is -0.374. The Morgan fingerprint density at radius 1 is 1.30 bits per heavy atom. The van der Waals surface area contributed by atoms with Gasteiger partial charge in [0.05, 0.1) is 17.3 Å². The highest BCUT2D eigenvalue weighted by molar-refractivity contribution is 5.96. The van der Waals surface area contributed by atoms with E-state index in [4.69, 9.17) is 4.74 Å². The third kappa shape index (κ3) is 3.47. The molecule has 2 saturated heterocycles. The van der Waals surface area contributed by atoms with E-state index in [1.54, 1.807) is 17.0 Å². The van der Waals surface area contributed by atoms with Crippen molar-refractivity contribution in [1.82, 2.24) is 9.88 Å². The number of morpholine rings is 1. The SMILES string of the molecule is Cc1cccnc1CN1CC[C@H]2N(c3ccc(F)cc3)C(=O)CO[C@]2(C)C1. The molecule has 5 nitrogen and oxygen atoms in total. The van der Waals surface area contributed by atoms with Gasteiger partial charge in [-0.15, -0.1) is 0 Å². The second kappa shape index (κ2) is 7.02. The highest BCUT2D eigenvalue weighted by Gasteiger charge is 2.49. The first-order chi connectivity index (χ1) is 13.0. The van der Waals surface area contributed by atoms with E-state index in [0.717, 1.165) is 37.4 Å². The van der Waals surface area contributed by atoms with Crippen LogP contribution in [0.5, 0.6) is 0 Å². The second-order valence-corrected chi connectivity index (χ2v) is 7.62. The molecular formula is C21H24FN3O2. The topological polar surface area (TPSA) is 45.7 Å². The number of benzene rings is 1. The van der Waals surface area contributed by atoms with Crippen LogP contribution in [0.1, 0.15) is 24.6 Å². The summed E-state index contributed by atoms with van der Waals surface area (Å²) in [5.41, 5.74) is 2.51. The third-order valence-corrected chi connectivity index (χ3v) is 5.66. The van der Waals surface area contributed by atoms with E-state index >= 15 is 0 Å². The minimum absolute atomic E-state index is 0.0425. The molecular weight excluding hydrogens is 345 g/mol. The van der Waals surface area contributed by atoms with Crippen LogP contribution >= 0.6 is 0 Å². The van der Waals surface area contributed by atoms with Gasteiger partial charge in [0.2, 0.25) is 0 Å². The molecule has 6 heteroatoms. The highest BCUT2D eigenvalue weighted by Crippen LogP contribution is 2.36. The molecule has 4 rings (SSSR count). The van der Waals surface area contributed by atoms with Crippen LogP contribution in [0.3, 0.4) is 0 Å². The van der Waals surface area contributed by atoms with Gasteiger partial charge >= 0.3 is 0 Å². The van der Waals surface area contributed by atoms with Crippen LogP contribution in [0, 0.1) is 12.7 Å². The molecule has 0 aliphatic carbocycles. The van der Waals surface area contributed by atoms with Gasteiger partial charge in [-0.05, 0) is 56.2 Å². The van der Waals surface area contributed by atoms with Crippen LogP contribution in [0.25, 0.3) is 0 Å². The number of aryl methyl sites for hydroxylation is 1. The fourth-order valence-electron chi connectivity index (χ4n) is 4.21. The first kappa shape index (κ1) is 18.1. The van der Waals surface area contributed by atoms with Crippen molar-refractivity contribution in [2.75, 3.05) is 24.6 Å². The zero-order valence-electron chi connectivity index (χ0n) is 15.7. The first-order valence-corrected chi connectivity index (χ1v) is 9.31. The lowest BCUT2D eigenvalue weighted by Gasteiger charge is -2.52. The predicted octanol–water partition coefficient (Wildman–Crippen LogP) is 2.93. The summed E-state index contributed by atoms with van der Waals surface area (Å²) in [7, 11) is 0. The van der Waals surface area contributed by atoms with Gasteiger partial charge in [0.25, 0.3) is 5.91 Å². The summed E-state index contributed by atoms with van der Waals surface area (Å²) in [6.45, 7) is 6.52. The number of piperidine rings is 1. The van der Waals surface area contributed by atoms with Crippen LogP contribution in [0.2, 0.25) is 0 Å². The van der Waals surface area contributed by atoms with Crippen molar-refractivity contribution in [2.24, 2.45) is 0 Å². The molecule has 1 amide bonds. The average Bonchev–Trinajstić information content (AvgIpc) is 2.65. The number of pyridine rings is 1. The van der Waals surface area contributed by atoms with Gasteiger partial charge in [0.1, 0.15) is 12.4 Å². The molecule has 142 valence electrons. The van der Waals surface area contributed by atoms with E-state index in [2.05, 4.69) is 29.8 Å². The Hall–Kier alpha value is -2.31. The number of ether oxygens (including phenoxy) is 1. The van der Waals surface area contributed by atoms with E-state index in [1.165, 1.54) is 17.7 Å². The number of nitrogens with zero attached hydrogens (tertiary/aromatic N) is 3. The highest BCUT2D eigenvalue weighted by atomic mass is 19.1. The van der Waals surface area contributed by atoms with Gasteiger partial charge in [0, 0.05) is 31.5 Å². The Labute approximate surface area is 158 Å². The molecule has 1 aromatic carbocycles. The number of amides is 1. The molecule has 2 aliphatic rings. The quantitative estimate of drug-likeness (QED) is 0.835.